The van der Waals surface area contributed by atoms with Gasteiger partial charge < -0.3 is 39.5 Å². The van der Waals surface area contributed by atoms with Crippen LogP contribution in [0.2, 0.25) is 0 Å². The molecule has 2 aromatic rings. The number of ether oxygens (including phenoxy) is 2. The van der Waals surface area contributed by atoms with Gasteiger partial charge in [-0.1, -0.05) is 0 Å². The molecule has 17 nitrogen and oxygen atoms in total. The van der Waals surface area contributed by atoms with E-state index in [0.29, 0.717) is 0 Å². The highest BCUT2D eigenvalue weighted by molar-refractivity contribution is 7.49. The molecule has 0 amide bonds. The van der Waals surface area contributed by atoms with Crippen LogP contribution in [-0.4, -0.2) is 123 Å². The minimum absolute atomic E-state index is 0.0533. The summed E-state index contributed by atoms with van der Waals surface area (Å²) in [5.41, 5.74) is -2.32. The molecular weight excluding hydrogens is 641 g/mol. The summed E-state index contributed by atoms with van der Waals surface area (Å²) in [7, 11) is 1.60. The molecule has 0 radical (unpaired) electrons. The number of rotatable bonds is 9. The molecule has 2 aliphatic rings. The van der Waals surface area contributed by atoms with Gasteiger partial charge in [0.2, 0.25) is 2.86 Å². The second kappa shape index (κ2) is 20.1. The third-order valence-electron chi connectivity index (χ3n) is 7.30. The molecule has 0 spiro atoms. The zero-order chi connectivity index (χ0) is 39.0. The van der Waals surface area contributed by atoms with Gasteiger partial charge in [-0.3, -0.25) is 33.4 Å². The Morgan fingerprint density at radius 2 is 1.34 bits per heavy atom. The Bertz CT molecular complexity index is 1510. The van der Waals surface area contributed by atoms with Gasteiger partial charge in [-0.05, 0) is 48.2 Å². The molecule has 0 aliphatic carbocycles. The van der Waals surface area contributed by atoms with Crippen molar-refractivity contribution in [3.8, 4) is 0 Å². The van der Waals surface area contributed by atoms with Gasteiger partial charge >= 0.3 is 11.4 Å². The highest BCUT2D eigenvalue weighted by Crippen LogP contribution is 2.47. The van der Waals surface area contributed by atoms with E-state index in [-0.39, 0.29) is 39.1 Å². The molecule has 3 unspecified atom stereocenters. The minimum atomic E-state index is -1.02. The van der Waals surface area contributed by atoms with Gasteiger partial charge in [-0.2, -0.15) is 0 Å². The summed E-state index contributed by atoms with van der Waals surface area (Å²) in [6, 6.07) is 2.94. The normalized spacial score (nSPS) is 28.5. The summed E-state index contributed by atoms with van der Waals surface area (Å²) < 4.78 is 48.6. The van der Waals surface area contributed by atoms with E-state index in [2.05, 4.69) is 52.6 Å². The van der Waals surface area contributed by atoms with E-state index >= 15 is 0 Å². The number of hydrogen-bond donors (Lipinski definition) is 7. The molecule has 2 fully saturated rings. The SMILES string of the molecule is [2H]C[C@H]1O[C@@H](n2ccc(=O)[nH]c2=O)[C@H](CO)C1O.[2H]C[C@H]1O[C@@H](n2ccc(=O)[nH]c2=O)[C@H](CO)C1OP(C)N(C(C)C)C(C)C.[3H]OC.[3H]OC. The first-order chi connectivity index (χ1) is 24.1. The fraction of sp³-hybridized carbons (Fsp3) is 0.724. The van der Waals surface area contributed by atoms with Gasteiger partial charge in [0, 0.05) is 53.6 Å². The first kappa shape index (κ1) is 35.7. The topological polar surface area (TPSA) is 242 Å². The van der Waals surface area contributed by atoms with Crippen molar-refractivity contribution >= 4 is 8.30 Å². The van der Waals surface area contributed by atoms with Crippen LogP contribution in [0.1, 0.15) is 56.7 Å². The summed E-state index contributed by atoms with van der Waals surface area (Å²) in [6.07, 6.45) is -1.96. The summed E-state index contributed by atoms with van der Waals surface area (Å²) in [5.74, 6) is -1.22. The fourth-order valence-electron chi connectivity index (χ4n) is 5.41. The lowest BCUT2D eigenvalue weighted by molar-refractivity contribution is -0.0197. The van der Waals surface area contributed by atoms with Gasteiger partial charge in [0.15, 0.2) is 0 Å². The highest BCUT2D eigenvalue weighted by atomic mass is 31.2. The average Bonchev–Trinajstić information content (AvgIpc) is 3.57. The lowest BCUT2D eigenvalue weighted by atomic mass is 10.0. The molecule has 270 valence electrons. The Hall–Kier alpha value is -2.57. The van der Waals surface area contributed by atoms with Crippen LogP contribution in [0.4, 0.5) is 0 Å². The molecule has 4 heterocycles. The maximum absolute atomic E-state index is 12.2. The van der Waals surface area contributed by atoms with Crippen molar-refractivity contribution in [1.29, 1.82) is 2.86 Å². The van der Waals surface area contributed by atoms with Crippen molar-refractivity contribution in [2.45, 2.75) is 90.4 Å². The largest absolute Gasteiger partial charge is 0.400 e. The van der Waals surface area contributed by atoms with Crippen LogP contribution in [0.15, 0.2) is 43.7 Å². The lowest BCUT2D eigenvalue weighted by Crippen LogP contribution is -2.38. The Morgan fingerprint density at radius 3 is 1.72 bits per heavy atom. The standard InChI is InChI=1S/C17H30N3O5P.C10H14N2O5.2CH4O/c1-10(2)20(11(3)4)26(6)25-15-12(5)24-16(13(15)9-21)19-8-7-14(22)18-17(19)23;1-5-8(15)6(4-13)9(17-5)12-3-2-7(14)11-10(12)16;2*1-2/h7-8,10-13,15-16,21H,9H2,1-6H3,(H,18,22,23);2-3,5-6,8-9,13,15H,4H2,1H3,(H,11,14,16);2*2H,1H3/t12-,13-,15?,16-,26?;5-,6-,8?,9-;;/m11../s1/i5D;1D;2*2T. The molecule has 2 aliphatic heterocycles. The molecule has 0 aromatic carbocycles. The first-order valence-electron chi connectivity index (χ1n) is 16.9. The number of aliphatic hydroxyl groups is 5. The Labute approximate surface area is 280 Å². The quantitative estimate of drug-likeness (QED) is 0.158. The zero-order valence-corrected chi connectivity index (χ0v) is 28.6. The predicted molar refractivity (Wildman–Crippen MR) is 175 cm³/mol. The fourth-order valence-corrected chi connectivity index (χ4v) is 7.47. The average molecular weight is 700 g/mol. The van der Waals surface area contributed by atoms with Crippen LogP contribution >= 0.6 is 8.30 Å². The Morgan fingerprint density at radius 1 is 0.915 bits per heavy atom. The van der Waals surface area contributed by atoms with E-state index in [4.69, 9.17) is 19.6 Å². The van der Waals surface area contributed by atoms with Gasteiger partial charge in [0.1, 0.15) is 20.8 Å². The smallest absolute Gasteiger partial charge is 0.330 e. The van der Waals surface area contributed by atoms with Gasteiger partial charge in [0.25, 0.3) is 11.1 Å². The second-order valence-corrected chi connectivity index (χ2v) is 12.6. The van der Waals surface area contributed by atoms with E-state index in [1.165, 1.54) is 37.2 Å². The molecule has 18 heteroatoms. The number of nitrogens with one attached hydrogen (secondary N) is 2. The second-order valence-electron chi connectivity index (χ2n) is 11.0. The van der Waals surface area contributed by atoms with Crippen LogP contribution in [0.5, 0.6) is 0 Å². The number of aromatic nitrogens is 4. The molecule has 2 saturated heterocycles. The zero-order valence-electron chi connectivity index (χ0n) is 31.7. The van der Waals surface area contributed by atoms with Crippen molar-refractivity contribution in [2.24, 2.45) is 11.8 Å². The highest BCUT2D eigenvalue weighted by Gasteiger charge is 2.46. The summed E-state index contributed by atoms with van der Waals surface area (Å²) in [6.45, 7) is 9.53. The van der Waals surface area contributed by atoms with Crippen molar-refractivity contribution in [2.75, 3.05) is 34.1 Å². The van der Waals surface area contributed by atoms with Crippen molar-refractivity contribution in [3.63, 3.8) is 0 Å². The number of nitrogens with zero attached hydrogens (tertiary/aromatic N) is 3. The number of hydrogen-bond acceptors (Lipinski definition) is 13. The third kappa shape index (κ3) is 10.7. The summed E-state index contributed by atoms with van der Waals surface area (Å²) in [5, 5.41) is 36.1. The molecule has 0 saturated carbocycles. The van der Waals surface area contributed by atoms with E-state index in [1.807, 2.05) is 6.66 Å². The third-order valence-corrected chi connectivity index (χ3v) is 9.42. The van der Waals surface area contributed by atoms with Gasteiger partial charge in [0.05, 0.1) is 49.5 Å². The number of H-pyrrole nitrogens is 2. The molecule has 9 atom stereocenters. The van der Waals surface area contributed by atoms with E-state index < -0.39 is 79.5 Å². The van der Waals surface area contributed by atoms with Crippen molar-refractivity contribution < 1.29 is 42.3 Å². The number of aliphatic hydroxyl groups excluding tert-OH is 5. The maximum Gasteiger partial charge on any atom is 0.330 e. The Balaban J connectivity index is 0.000000466. The Kier molecular flexibility index (Phi) is 15.3. The monoisotopic (exact) mass is 699 g/mol. The summed E-state index contributed by atoms with van der Waals surface area (Å²) in [4.78, 5) is 50.3. The number of aromatic amines is 2. The maximum atomic E-state index is 12.2. The molecule has 4 rings (SSSR count). The van der Waals surface area contributed by atoms with Crippen LogP contribution < -0.4 is 22.5 Å². The van der Waals surface area contributed by atoms with Gasteiger partial charge in [-0.25, -0.2) is 9.59 Å². The van der Waals surface area contributed by atoms with Crippen molar-refractivity contribution in [3.05, 3.63) is 66.2 Å². The van der Waals surface area contributed by atoms with Crippen LogP contribution in [0, 0.1) is 11.8 Å². The lowest BCUT2D eigenvalue weighted by Gasteiger charge is -2.37. The van der Waals surface area contributed by atoms with Crippen LogP contribution in [-0.2, 0) is 14.0 Å². The minimum Gasteiger partial charge on any atom is -0.400 e. The molecule has 0 bridgehead atoms. The first-order valence-corrected chi connectivity index (χ1v) is 16.4. The van der Waals surface area contributed by atoms with E-state index in [0.717, 1.165) is 10.6 Å². The molecule has 2 aromatic heterocycles. The molecule has 7 N–H and O–H groups in total. The van der Waals surface area contributed by atoms with E-state index in [1.54, 1.807) is 0 Å². The van der Waals surface area contributed by atoms with Crippen LogP contribution in [0.3, 0.4) is 0 Å². The van der Waals surface area contributed by atoms with Gasteiger partial charge in [-0.15, -0.1) is 0 Å². The molecule has 47 heavy (non-hydrogen) atoms. The van der Waals surface area contributed by atoms with E-state index in [9.17, 15) is 34.5 Å². The van der Waals surface area contributed by atoms with Crippen molar-refractivity contribution in [1.82, 2.24) is 23.8 Å². The van der Waals surface area contributed by atoms with Crippen LogP contribution in [0.25, 0.3) is 0 Å². The molecular formula is C29H52N5O12P. The summed E-state index contributed by atoms with van der Waals surface area (Å²) >= 11 is 0. The predicted octanol–water partition coefficient (Wildman–Crippen LogP) is -0.852.